The number of carboxylic acids is 3. The van der Waals surface area contributed by atoms with Gasteiger partial charge in [0.1, 0.15) is 0 Å². The smallest absolute Gasteiger partial charge is 0.339 e. The summed E-state index contributed by atoms with van der Waals surface area (Å²) < 4.78 is 10.7. The molecule has 0 aliphatic rings. The van der Waals surface area contributed by atoms with Crippen LogP contribution in [0.3, 0.4) is 0 Å². The highest BCUT2D eigenvalue weighted by atomic mass is 16.5. The summed E-state index contributed by atoms with van der Waals surface area (Å²) in [5, 5.41) is 25.9. The first-order valence-corrected chi connectivity index (χ1v) is 14.9. The number of hydrogen-bond acceptors (Lipinski definition) is 7. The van der Waals surface area contributed by atoms with Gasteiger partial charge in [-0.05, 0) is 43.2 Å². The maximum Gasteiger partial charge on any atom is 0.339 e. The second-order valence-corrected chi connectivity index (χ2v) is 10.0. The fraction of sp³-hybridized carbons (Fsp3) is 0.485. The minimum absolute atomic E-state index is 0.266. The molecule has 236 valence electrons. The van der Waals surface area contributed by atoms with Crippen LogP contribution in [0.5, 0.6) is 0 Å². The van der Waals surface area contributed by atoms with Crippen molar-refractivity contribution in [3.8, 4) is 0 Å². The lowest BCUT2D eigenvalue weighted by molar-refractivity contribution is 0.0450. The van der Waals surface area contributed by atoms with Gasteiger partial charge >= 0.3 is 29.8 Å². The van der Waals surface area contributed by atoms with Gasteiger partial charge in [0.15, 0.2) is 0 Å². The van der Waals surface area contributed by atoms with Crippen molar-refractivity contribution in [1.29, 1.82) is 0 Å². The van der Waals surface area contributed by atoms with Crippen LogP contribution < -0.4 is 0 Å². The Morgan fingerprint density at radius 2 is 0.930 bits per heavy atom. The summed E-state index contributed by atoms with van der Waals surface area (Å²) in [6, 6.07) is 9.55. The van der Waals surface area contributed by atoms with E-state index in [9.17, 15) is 24.0 Å². The first-order valence-electron chi connectivity index (χ1n) is 14.9. The van der Waals surface area contributed by atoms with Crippen LogP contribution in [0.2, 0.25) is 0 Å². The molecule has 2 rings (SSSR count). The Balaban J connectivity index is 0.000000517. The number of unbranched alkanes of at least 4 members (excludes halogenated alkanes) is 10. The summed E-state index contributed by atoms with van der Waals surface area (Å²) in [4.78, 5) is 56.5. The van der Waals surface area contributed by atoms with Crippen LogP contribution in [0.4, 0.5) is 0 Å². The van der Waals surface area contributed by atoms with E-state index in [4.69, 9.17) is 24.8 Å². The quantitative estimate of drug-likeness (QED) is 0.109. The molecule has 0 heterocycles. The highest BCUT2D eigenvalue weighted by Gasteiger charge is 2.19. The zero-order chi connectivity index (χ0) is 32.0. The van der Waals surface area contributed by atoms with Crippen molar-refractivity contribution in [1.82, 2.24) is 0 Å². The largest absolute Gasteiger partial charge is 0.478 e. The Bertz CT molecular complexity index is 1140. The molecule has 3 N–H and O–H groups in total. The standard InChI is InChI=1S/C24H38O4.C9H6O6/c1-3-5-7-9-11-15-19-27-23(25)21-17-13-14-18-22(21)24(26)28-20-16-12-10-8-6-4-2;10-7(11)4-1-2-5(8(12)13)6(3-4)9(14)15/h13-14,17-18H,3-12,15-16,19-20H2,1-2H3;1-3H,(H,10,11)(H,12,13)(H,14,15). The van der Waals surface area contributed by atoms with Crippen LogP contribution in [-0.2, 0) is 9.47 Å². The van der Waals surface area contributed by atoms with Crippen LogP contribution in [0.25, 0.3) is 0 Å². The average molecular weight is 601 g/mol. The van der Waals surface area contributed by atoms with Crippen molar-refractivity contribution in [2.45, 2.75) is 90.9 Å². The number of aromatic carboxylic acids is 3. The van der Waals surface area contributed by atoms with Crippen molar-refractivity contribution in [2.75, 3.05) is 13.2 Å². The van der Waals surface area contributed by atoms with E-state index in [-0.39, 0.29) is 5.56 Å². The Hall–Kier alpha value is -4.21. The molecule has 0 aromatic heterocycles. The fourth-order valence-electron chi connectivity index (χ4n) is 4.13. The third-order valence-corrected chi connectivity index (χ3v) is 6.56. The molecule has 2 aromatic rings. The topological polar surface area (TPSA) is 165 Å². The maximum absolute atomic E-state index is 12.4. The van der Waals surface area contributed by atoms with Gasteiger partial charge in [-0.3, -0.25) is 0 Å². The number of carbonyl (C=O) groups excluding carboxylic acids is 2. The van der Waals surface area contributed by atoms with E-state index in [0.717, 1.165) is 43.9 Å². The second kappa shape index (κ2) is 21.5. The van der Waals surface area contributed by atoms with E-state index >= 15 is 0 Å². The van der Waals surface area contributed by atoms with Crippen molar-refractivity contribution < 1.29 is 48.8 Å². The molecule has 0 unspecified atom stereocenters. The number of esters is 2. The zero-order valence-electron chi connectivity index (χ0n) is 25.1. The van der Waals surface area contributed by atoms with E-state index < -0.39 is 41.0 Å². The predicted octanol–water partition coefficient (Wildman–Crippen LogP) is 7.50. The fourth-order valence-corrected chi connectivity index (χ4v) is 4.13. The lowest BCUT2D eigenvalue weighted by Gasteiger charge is -2.10. The molecule has 43 heavy (non-hydrogen) atoms. The summed E-state index contributed by atoms with van der Waals surface area (Å²) in [5.41, 5.74) is -0.657. The number of rotatable bonds is 19. The predicted molar refractivity (Wildman–Crippen MR) is 161 cm³/mol. The van der Waals surface area contributed by atoms with Gasteiger partial charge in [-0.15, -0.1) is 0 Å². The van der Waals surface area contributed by atoms with Crippen LogP contribution in [0.15, 0.2) is 42.5 Å². The highest BCUT2D eigenvalue weighted by molar-refractivity contribution is 6.04. The third kappa shape index (κ3) is 14.5. The first-order chi connectivity index (χ1) is 20.6. The normalized spacial score (nSPS) is 10.3. The number of benzene rings is 2. The number of hydrogen-bond donors (Lipinski definition) is 3. The van der Waals surface area contributed by atoms with E-state index in [0.29, 0.717) is 24.3 Å². The molecule has 0 bridgehead atoms. The third-order valence-electron chi connectivity index (χ3n) is 6.56. The maximum atomic E-state index is 12.4. The van der Waals surface area contributed by atoms with Crippen LogP contribution >= 0.6 is 0 Å². The molecule has 0 atom stereocenters. The first kappa shape index (κ1) is 36.8. The van der Waals surface area contributed by atoms with Gasteiger partial charge in [0.25, 0.3) is 0 Å². The van der Waals surface area contributed by atoms with Crippen molar-refractivity contribution in [3.05, 3.63) is 70.3 Å². The molecule has 0 aliphatic heterocycles. The summed E-state index contributed by atoms with van der Waals surface area (Å²) in [7, 11) is 0. The minimum Gasteiger partial charge on any atom is -0.478 e. The van der Waals surface area contributed by atoms with Crippen molar-refractivity contribution in [2.24, 2.45) is 0 Å². The van der Waals surface area contributed by atoms with Gasteiger partial charge < -0.3 is 24.8 Å². The summed E-state index contributed by atoms with van der Waals surface area (Å²) in [6.07, 6.45) is 13.6. The molecular formula is C33H44O10. The summed E-state index contributed by atoms with van der Waals surface area (Å²) in [6.45, 7) is 5.17. The Kier molecular flexibility index (Phi) is 18.4. The molecular weight excluding hydrogens is 556 g/mol. The Labute approximate surface area is 253 Å². The van der Waals surface area contributed by atoms with E-state index in [1.54, 1.807) is 24.3 Å². The van der Waals surface area contributed by atoms with Gasteiger partial charge in [-0.1, -0.05) is 90.2 Å². The molecule has 0 radical (unpaired) electrons. The molecule has 0 spiro atoms. The highest BCUT2D eigenvalue weighted by Crippen LogP contribution is 2.15. The molecule has 0 amide bonds. The Morgan fingerprint density at radius 1 is 0.512 bits per heavy atom. The lowest BCUT2D eigenvalue weighted by Crippen LogP contribution is -2.15. The minimum atomic E-state index is -1.48. The summed E-state index contributed by atoms with van der Waals surface area (Å²) >= 11 is 0. The number of ether oxygens (including phenoxy) is 2. The summed E-state index contributed by atoms with van der Waals surface area (Å²) in [5.74, 6) is -5.09. The molecule has 2 aromatic carbocycles. The lowest BCUT2D eigenvalue weighted by atomic mass is 10.0. The Morgan fingerprint density at radius 3 is 1.33 bits per heavy atom. The van der Waals surface area contributed by atoms with Gasteiger partial charge in [-0.2, -0.15) is 0 Å². The van der Waals surface area contributed by atoms with Gasteiger partial charge in [0.2, 0.25) is 0 Å². The zero-order valence-corrected chi connectivity index (χ0v) is 25.1. The second-order valence-electron chi connectivity index (χ2n) is 10.0. The van der Waals surface area contributed by atoms with Gasteiger partial charge in [0, 0.05) is 0 Å². The molecule has 0 saturated heterocycles. The van der Waals surface area contributed by atoms with Gasteiger partial charge in [-0.25, -0.2) is 24.0 Å². The van der Waals surface area contributed by atoms with E-state index in [2.05, 4.69) is 13.8 Å². The van der Waals surface area contributed by atoms with E-state index in [1.807, 2.05) is 0 Å². The van der Waals surface area contributed by atoms with Crippen molar-refractivity contribution in [3.63, 3.8) is 0 Å². The van der Waals surface area contributed by atoms with Crippen molar-refractivity contribution >= 4 is 29.8 Å². The van der Waals surface area contributed by atoms with Gasteiger partial charge in [0.05, 0.1) is 41.0 Å². The molecule has 0 fully saturated rings. The number of carboxylic acid groups (broad SMARTS) is 3. The average Bonchev–Trinajstić information content (AvgIpc) is 2.99. The van der Waals surface area contributed by atoms with Crippen LogP contribution in [-0.4, -0.2) is 58.4 Å². The van der Waals surface area contributed by atoms with E-state index in [1.165, 1.54) is 51.4 Å². The monoisotopic (exact) mass is 600 g/mol. The SMILES string of the molecule is CCCCCCCCOC(=O)c1ccccc1C(=O)OCCCCCCCC.O=C(O)c1ccc(C(=O)O)c(C(=O)O)c1. The molecule has 10 nitrogen and oxygen atoms in total. The molecule has 0 aliphatic carbocycles. The molecule has 10 heteroatoms. The number of carbonyl (C=O) groups is 5. The van der Waals surface area contributed by atoms with Crippen LogP contribution in [0.1, 0.15) is 143 Å². The molecule has 0 saturated carbocycles. The van der Waals surface area contributed by atoms with Crippen LogP contribution in [0, 0.1) is 0 Å².